The van der Waals surface area contributed by atoms with Crippen LogP contribution in [0.25, 0.3) is 28.0 Å². The van der Waals surface area contributed by atoms with Gasteiger partial charge in [0.05, 0.1) is 23.9 Å². The monoisotopic (exact) mass is 353 g/mol. The van der Waals surface area contributed by atoms with Crippen LogP contribution < -0.4 is 10.5 Å². The van der Waals surface area contributed by atoms with Crippen LogP contribution in [0, 0.1) is 0 Å². The number of rotatable bonds is 3. The number of halogens is 1. The van der Waals surface area contributed by atoms with E-state index in [2.05, 4.69) is 10.1 Å². The predicted molar refractivity (Wildman–Crippen MR) is 94.4 cm³/mol. The Kier molecular flexibility index (Phi) is 3.74. The molecule has 0 aliphatic rings. The van der Waals surface area contributed by atoms with Crippen LogP contribution in [0.15, 0.2) is 63.9 Å². The molecule has 0 spiro atoms. The third-order valence-corrected chi connectivity index (χ3v) is 4.14. The summed E-state index contributed by atoms with van der Waals surface area (Å²) in [5.74, 6) is 0.364. The molecule has 6 nitrogen and oxygen atoms in total. The molecule has 0 N–H and O–H groups in total. The lowest BCUT2D eigenvalue weighted by molar-refractivity contribution is 0.383. The Morgan fingerprint density at radius 3 is 2.64 bits per heavy atom. The summed E-state index contributed by atoms with van der Waals surface area (Å²) in [5, 5.41) is 5.02. The number of ether oxygens (including phenoxy) is 1. The molecule has 0 bridgehead atoms. The van der Waals surface area contributed by atoms with Crippen LogP contribution in [0.3, 0.4) is 0 Å². The number of fused-ring (bicyclic) bond motifs is 1. The van der Waals surface area contributed by atoms with Crippen molar-refractivity contribution in [1.82, 2.24) is 14.7 Å². The number of pyridine rings is 1. The first-order valence-electron chi connectivity index (χ1n) is 7.46. The van der Waals surface area contributed by atoms with Crippen LogP contribution in [-0.2, 0) is 0 Å². The largest absolute Gasteiger partial charge is 0.497 e. The first kappa shape index (κ1) is 15.4. The van der Waals surface area contributed by atoms with Gasteiger partial charge in [-0.25, -0.2) is 14.3 Å². The number of hydrogen-bond acceptors (Lipinski definition) is 5. The van der Waals surface area contributed by atoms with Crippen molar-refractivity contribution in [2.24, 2.45) is 0 Å². The third kappa shape index (κ3) is 2.66. The molecule has 0 saturated carbocycles. The van der Waals surface area contributed by atoms with Crippen molar-refractivity contribution in [3.8, 4) is 22.8 Å². The summed E-state index contributed by atoms with van der Waals surface area (Å²) in [7, 11) is 1.58. The number of aromatic nitrogens is 3. The summed E-state index contributed by atoms with van der Waals surface area (Å²) in [4.78, 5) is 16.6. The minimum absolute atomic E-state index is 0.245. The van der Waals surface area contributed by atoms with Gasteiger partial charge < -0.3 is 4.74 Å². The normalized spacial score (nSPS) is 11.0. The van der Waals surface area contributed by atoms with Crippen molar-refractivity contribution in [3.63, 3.8) is 0 Å². The summed E-state index contributed by atoms with van der Waals surface area (Å²) < 4.78 is 11.4. The van der Waals surface area contributed by atoms with Gasteiger partial charge in [-0.1, -0.05) is 35.0 Å². The fourth-order valence-electron chi connectivity index (χ4n) is 2.63. The molecule has 0 aliphatic heterocycles. The maximum atomic E-state index is 12.2. The zero-order chi connectivity index (χ0) is 17.4. The Balaban J connectivity index is 1.92. The van der Waals surface area contributed by atoms with Gasteiger partial charge >= 0.3 is 5.76 Å². The molecule has 0 saturated heterocycles. The van der Waals surface area contributed by atoms with Crippen LogP contribution >= 0.6 is 11.6 Å². The summed E-state index contributed by atoms with van der Waals surface area (Å²) in [5.41, 5.74) is 1.87. The topological polar surface area (TPSA) is 70.2 Å². The lowest BCUT2D eigenvalue weighted by Crippen LogP contribution is -2.13. The predicted octanol–water partition coefficient (Wildman–Crippen LogP) is 3.70. The molecule has 7 heteroatoms. The highest BCUT2D eigenvalue weighted by Gasteiger charge is 2.18. The van der Waals surface area contributed by atoms with E-state index in [9.17, 15) is 4.79 Å². The van der Waals surface area contributed by atoms with Crippen molar-refractivity contribution >= 4 is 22.5 Å². The SMILES string of the molecule is COc1ccc(-n2c(-c3cc4ccccc4nc3Cl)noc2=O)cc1. The summed E-state index contributed by atoms with van der Waals surface area (Å²) in [6.45, 7) is 0. The van der Waals surface area contributed by atoms with Crippen LogP contribution in [0.5, 0.6) is 5.75 Å². The zero-order valence-electron chi connectivity index (χ0n) is 13.1. The number of benzene rings is 2. The van der Waals surface area contributed by atoms with E-state index in [0.29, 0.717) is 22.8 Å². The second-order valence-corrected chi connectivity index (χ2v) is 5.68. The number of para-hydroxylation sites is 1. The maximum Gasteiger partial charge on any atom is 0.446 e. The molecule has 0 atom stereocenters. The lowest BCUT2D eigenvalue weighted by Gasteiger charge is -2.08. The van der Waals surface area contributed by atoms with Crippen LogP contribution in [0.1, 0.15) is 0 Å². The standard InChI is InChI=1S/C18H12ClN3O3/c1-24-13-8-6-12(7-9-13)22-17(21-25-18(22)23)14-10-11-4-2-3-5-15(11)20-16(14)19/h2-10H,1H3. The van der Waals surface area contributed by atoms with Crippen molar-refractivity contribution < 1.29 is 9.26 Å². The molecule has 0 fully saturated rings. The number of nitrogens with zero attached hydrogens (tertiary/aromatic N) is 3. The van der Waals surface area contributed by atoms with Crippen LogP contribution in [-0.4, -0.2) is 21.8 Å². The highest BCUT2D eigenvalue weighted by atomic mass is 35.5. The minimum atomic E-state index is -0.607. The number of methoxy groups -OCH3 is 1. The molecule has 0 amide bonds. The van der Waals surface area contributed by atoms with Gasteiger partial charge in [0.25, 0.3) is 0 Å². The average molecular weight is 354 g/mol. The second-order valence-electron chi connectivity index (χ2n) is 5.32. The van der Waals surface area contributed by atoms with Crippen molar-refractivity contribution in [1.29, 1.82) is 0 Å². The summed E-state index contributed by atoms with van der Waals surface area (Å²) in [6, 6.07) is 16.4. The van der Waals surface area contributed by atoms with E-state index >= 15 is 0 Å². The molecular weight excluding hydrogens is 342 g/mol. The molecule has 0 unspecified atom stereocenters. The summed E-state index contributed by atoms with van der Waals surface area (Å²) >= 11 is 6.33. The van der Waals surface area contributed by atoms with Crippen LogP contribution in [0.4, 0.5) is 0 Å². The fourth-order valence-corrected chi connectivity index (χ4v) is 2.86. The zero-order valence-corrected chi connectivity index (χ0v) is 13.9. The Labute approximate surface area is 147 Å². The Morgan fingerprint density at radius 2 is 1.88 bits per heavy atom. The van der Waals surface area contributed by atoms with E-state index in [1.807, 2.05) is 30.3 Å². The molecule has 124 valence electrons. The molecule has 25 heavy (non-hydrogen) atoms. The smallest absolute Gasteiger partial charge is 0.446 e. The highest BCUT2D eigenvalue weighted by molar-refractivity contribution is 6.32. The fraction of sp³-hybridized carbons (Fsp3) is 0.0556. The molecule has 0 radical (unpaired) electrons. The maximum absolute atomic E-state index is 12.2. The van der Waals surface area contributed by atoms with E-state index in [1.165, 1.54) is 4.57 Å². The van der Waals surface area contributed by atoms with Gasteiger partial charge in [0.15, 0.2) is 5.82 Å². The van der Waals surface area contributed by atoms with E-state index < -0.39 is 5.76 Å². The molecule has 2 aromatic carbocycles. The highest BCUT2D eigenvalue weighted by Crippen LogP contribution is 2.29. The average Bonchev–Trinajstić information content (AvgIpc) is 3.02. The van der Waals surface area contributed by atoms with E-state index in [1.54, 1.807) is 31.4 Å². The van der Waals surface area contributed by atoms with Gasteiger partial charge in [-0.3, -0.25) is 4.52 Å². The molecule has 4 rings (SSSR count). The Morgan fingerprint density at radius 1 is 1.12 bits per heavy atom. The van der Waals surface area contributed by atoms with Gasteiger partial charge in [-0.15, -0.1) is 0 Å². The molecule has 0 aliphatic carbocycles. The molecule has 2 heterocycles. The van der Waals surface area contributed by atoms with Gasteiger partial charge in [0, 0.05) is 5.39 Å². The quantitative estimate of drug-likeness (QED) is 0.525. The van der Waals surface area contributed by atoms with E-state index in [4.69, 9.17) is 20.9 Å². The van der Waals surface area contributed by atoms with Crippen molar-refractivity contribution in [2.75, 3.05) is 7.11 Å². The van der Waals surface area contributed by atoms with Crippen molar-refractivity contribution in [3.05, 3.63) is 70.3 Å². The molecule has 4 aromatic rings. The van der Waals surface area contributed by atoms with Crippen LogP contribution in [0.2, 0.25) is 5.15 Å². The Bertz CT molecular complexity index is 1120. The van der Waals surface area contributed by atoms with Crippen molar-refractivity contribution in [2.45, 2.75) is 0 Å². The van der Waals surface area contributed by atoms with Gasteiger partial charge in [-0.05, 0) is 36.4 Å². The molecular formula is C18H12ClN3O3. The second kappa shape index (κ2) is 6.07. The molecule has 2 aromatic heterocycles. The summed E-state index contributed by atoms with van der Waals surface area (Å²) in [6.07, 6.45) is 0. The van der Waals surface area contributed by atoms with Gasteiger partial charge in [0.1, 0.15) is 10.9 Å². The van der Waals surface area contributed by atoms with E-state index in [0.717, 1.165) is 10.9 Å². The van der Waals surface area contributed by atoms with E-state index in [-0.39, 0.29) is 5.15 Å². The first-order chi connectivity index (χ1) is 12.2. The Hall–Kier alpha value is -3.12. The number of hydrogen-bond donors (Lipinski definition) is 0. The lowest BCUT2D eigenvalue weighted by atomic mass is 10.1. The van der Waals surface area contributed by atoms with Gasteiger partial charge in [-0.2, -0.15) is 0 Å². The first-order valence-corrected chi connectivity index (χ1v) is 7.84. The van der Waals surface area contributed by atoms with Gasteiger partial charge in [0.2, 0.25) is 0 Å². The minimum Gasteiger partial charge on any atom is -0.497 e. The third-order valence-electron chi connectivity index (χ3n) is 3.85.